The summed E-state index contributed by atoms with van der Waals surface area (Å²) >= 11 is 1.36. The summed E-state index contributed by atoms with van der Waals surface area (Å²) in [6.45, 7) is 1.14. The molecule has 1 saturated heterocycles. The number of amides is 4. The molecule has 0 aliphatic carbocycles. The van der Waals surface area contributed by atoms with E-state index in [2.05, 4.69) is 16.0 Å². The Morgan fingerprint density at radius 2 is 1.56 bits per heavy atom. The highest BCUT2D eigenvalue weighted by Crippen LogP contribution is 2.17. The Kier molecular flexibility index (Phi) is 6.81. The second-order valence-electron chi connectivity index (χ2n) is 7.54. The van der Waals surface area contributed by atoms with Crippen molar-refractivity contribution in [3.05, 3.63) is 82.6 Å². The van der Waals surface area contributed by atoms with Crippen molar-refractivity contribution in [2.24, 2.45) is 0 Å². The summed E-state index contributed by atoms with van der Waals surface area (Å²) in [4.78, 5) is 39.8. The molecule has 4 rings (SSSR count). The molecule has 32 heavy (non-hydrogen) atoms. The lowest BCUT2D eigenvalue weighted by Crippen LogP contribution is -2.47. The first-order valence-electron chi connectivity index (χ1n) is 10.5. The molecule has 1 aliphatic heterocycles. The van der Waals surface area contributed by atoms with E-state index < -0.39 is 0 Å². The number of benzene rings is 2. The highest BCUT2D eigenvalue weighted by Gasteiger charge is 2.24. The van der Waals surface area contributed by atoms with Gasteiger partial charge in [0.1, 0.15) is 0 Å². The van der Waals surface area contributed by atoms with Crippen LogP contribution in [-0.4, -0.2) is 41.9 Å². The molecule has 0 bridgehead atoms. The number of hydrogen-bond donors (Lipinski definition) is 3. The number of hydrogen-bond acceptors (Lipinski definition) is 4. The minimum absolute atomic E-state index is 0.00681. The van der Waals surface area contributed by atoms with Gasteiger partial charge >= 0.3 is 6.03 Å². The molecule has 0 spiro atoms. The standard InChI is InChI=1S/C24H24N4O3S/c29-22(17-6-4-9-20(16-17)26-23(30)21-10-5-15-32-21)25-19-11-13-28(14-12-19)24(31)27-18-7-2-1-3-8-18/h1-10,15-16,19H,11-14H2,(H,25,29)(H,26,30)(H,27,31). The molecule has 2 aromatic carbocycles. The molecule has 0 atom stereocenters. The Bertz CT molecular complexity index is 1080. The summed E-state index contributed by atoms with van der Waals surface area (Å²) in [5.74, 6) is -0.386. The Morgan fingerprint density at radius 3 is 2.28 bits per heavy atom. The molecular formula is C24H24N4O3S. The van der Waals surface area contributed by atoms with E-state index in [1.165, 1.54) is 11.3 Å². The van der Waals surface area contributed by atoms with E-state index in [9.17, 15) is 14.4 Å². The van der Waals surface area contributed by atoms with Gasteiger partial charge in [-0.2, -0.15) is 0 Å². The number of nitrogens with zero attached hydrogens (tertiary/aromatic N) is 1. The quantitative estimate of drug-likeness (QED) is 0.539. The number of anilines is 2. The molecule has 164 valence electrons. The number of nitrogens with one attached hydrogen (secondary N) is 3. The average Bonchev–Trinajstić information content (AvgIpc) is 3.36. The van der Waals surface area contributed by atoms with E-state index in [1.807, 2.05) is 41.8 Å². The van der Waals surface area contributed by atoms with E-state index >= 15 is 0 Å². The van der Waals surface area contributed by atoms with E-state index in [0.717, 1.165) is 5.69 Å². The van der Waals surface area contributed by atoms with Crippen LogP contribution in [0, 0.1) is 0 Å². The highest BCUT2D eigenvalue weighted by atomic mass is 32.1. The van der Waals surface area contributed by atoms with Gasteiger partial charge in [0.25, 0.3) is 11.8 Å². The van der Waals surface area contributed by atoms with Crippen molar-refractivity contribution >= 4 is 40.6 Å². The van der Waals surface area contributed by atoms with Gasteiger partial charge in [-0.25, -0.2) is 4.79 Å². The third-order valence-electron chi connectivity index (χ3n) is 5.27. The SMILES string of the molecule is O=C(NC1CCN(C(=O)Nc2ccccc2)CC1)c1cccc(NC(=O)c2cccs2)c1. The van der Waals surface area contributed by atoms with Crippen molar-refractivity contribution in [2.75, 3.05) is 23.7 Å². The van der Waals surface area contributed by atoms with Gasteiger partial charge in [0.2, 0.25) is 0 Å². The topological polar surface area (TPSA) is 90.5 Å². The van der Waals surface area contributed by atoms with Crippen LogP contribution in [0.1, 0.15) is 32.9 Å². The van der Waals surface area contributed by atoms with E-state index in [4.69, 9.17) is 0 Å². The van der Waals surface area contributed by atoms with Crippen molar-refractivity contribution in [2.45, 2.75) is 18.9 Å². The van der Waals surface area contributed by atoms with Crippen LogP contribution in [0.25, 0.3) is 0 Å². The summed E-state index contributed by atoms with van der Waals surface area (Å²) in [5, 5.41) is 10.6. The lowest BCUT2D eigenvalue weighted by Gasteiger charge is -2.32. The maximum atomic E-state index is 12.7. The lowest BCUT2D eigenvalue weighted by molar-refractivity contribution is 0.0918. The number of carbonyl (C=O) groups is 3. The van der Waals surface area contributed by atoms with Crippen LogP contribution in [0.15, 0.2) is 72.1 Å². The minimum atomic E-state index is -0.196. The summed E-state index contributed by atoms with van der Waals surface area (Å²) < 4.78 is 0. The Morgan fingerprint density at radius 1 is 0.812 bits per heavy atom. The fourth-order valence-corrected chi connectivity index (χ4v) is 4.18. The number of piperidine rings is 1. The molecule has 2 heterocycles. The predicted molar refractivity (Wildman–Crippen MR) is 126 cm³/mol. The van der Waals surface area contributed by atoms with Gasteiger partial charge < -0.3 is 20.9 Å². The van der Waals surface area contributed by atoms with Crippen LogP contribution in [0.4, 0.5) is 16.2 Å². The summed E-state index contributed by atoms with van der Waals surface area (Å²) in [6, 6.07) is 19.7. The Balaban J connectivity index is 1.27. The van der Waals surface area contributed by atoms with Crippen molar-refractivity contribution in [1.82, 2.24) is 10.2 Å². The number of urea groups is 1. The van der Waals surface area contributed by atoms with Crippen molar-refractivity contribution in [3.63, 3.8) is 0 Å². The second kappa shape index (κ2) is 10.1. The molecule has 0 unspecified atom stereocenters. The smallest absolute Gasteiger partial charge is 0.321 e. The molecule has 7 nitrogen and oxygen atoms in total. The molecule has 0 radical (unpaired) electrons. The van der Waals surface area contributed by atoms with Crippen LogP contribution in [0.2, 0.25) is 0 Å². The normalized spacial score (nSPS) is 13.9. The summed E-state index contributed by atoms with van der Waals surface area (Å²) in [7, 11) is 0. The molecule has 4 amide bonds. The molecule has 3 aromatic rings. The van der Waals surface area contributed by atoms with Crippen molar-refractivity contribution < 1.29 is 14.4 Å². The fraction of sp³-hybridized carbons (Fsp3) is 0.208. The minimum Gasteiger partial charge on any atom is -0.349 e. The van der Waals surface area contributed by atoms with Crippen LogP contribution in [-0.2, 0) is 0 Å². The fourth-order valence-electron chi connectivity index (χ4n) is 3.56. The molecule has 8 heteroatoms. The first-order valence-corrected chi connectivity index (χ1v) is 11.3. The summed E-state index contributed by atoms with van der Waals surface area (Å²) in [5.41, 5.74) is 1.82. The van der Waals surface area contributed by atoms with Gasteiger partial charge in [-0.3, -0.25) is 9.59 Å². The zero-order valence-corrected chi connectivity index (χ0v) is 18.2. The largest absolute Gasteiger partial charge is 0.349 e. The van der Waals surface area contributed by atoms with Gasteiger partial charge in [0.05, 0.1) is 4.88 Å². The highest BCUT2D eigenvalue weighted by molar-refractivity contribution is 7.12. The summed E-state index contributed by atoms with van der Waals surface area (Å²) in [6.07, 6.45) is 1.37. The molecule has 1 fully saturated rings. The first-order chi connectivity index (χ1) is 15.6. The number of thiophene rings is 1. The average molecular weight is 449 g/mol. The maximum absolute atomic E-state index is 12.7. The van der Waals surface area contributed by atoms with Crippen LogP contribution in [0.3, 0.4) is 0 Å². The molecular weight excluding hydrogens is 424 g/mol. The monoisotopic (exact) mass is 448 g/mol. The lowest BCUT2D eigenvalue weighted by atomic mass is 10.0. The third-order valence-corrected chi connectivity index (χ3v) is 6.14. The van der Waals surface area contributed by atoms with E-state index in [1.54, 1.807) is 35.2 Å². The number of rotatable bonds is 5. The first kappa shape index (κ1) is 21.6. The molecule has 0 saturated carbocycles. The van der Waals surface area contributed by atoms with Gasteiger partial charge in [0.15, 0.2) is 0 Å². The third kappa shape index (κ3) is 5.53. The van der Waals surface area contributed by atoms with Gasteiger partial charge in [-0.1, -0.05) is 30.3 Å². The van der Waals surface area contributed by atoms with Crippen molar-refractivity contribution in [3.8, 4) is 0 Å². The molecule has 1 aromatic heterocycles. The van der Waals surface area contributed by atoms with Gasteiger partial charge in [-0.15, -0.1) is 11.3 Å². The van der Waals surface area contributed by atoms with E-state index in [0.29, 0.717) is 42.1 Å². The number of likely N-dealkylation sites (tertiary alicyclic amines) is 1. The maximum Gasteiger partial charge on any atom is 0.321 e. The van der Waals surface area contributed by atoms with Crippen LogP contribution in [0.5, 0.6) is 0 Å². The zero-order chi connectivity index (χ0) is 22.3. The van der Waals surface area contributed by atoms with Gasteiger partial charge in [0, 0.05) is 36.1 Å². The number of para-hydroxylation sites is 1. The molecule has 1 aliphatic rings. The van der Waals surface area contributed by atoms with Crippen LogP contribution < -0.4 is 16.0 Å². The van der Waals surface area contributed by atoms with Gasteiger partial charge in [-0.05, 0) is 54.6 Å². The van der Waals surface area contributed by atoms with Crippen LogP contribution >= 0.6 is 11.3 Å². The zero-order valence-electron chi connectivity index (χ0n) is 17.4. The number of carbonyl (C=O) groups excluding carboxylic acids is 3. The predicted octanol–water partition coefficient (Wildman–Crippen LogP) is 4.43. The second-order valence-corrected chi connectivity index (χ2v) is 8.49. The molecule has 3 N–H and O–H groups in total. The Hall–Kier alpha value is -3.65. The van der Waals surface area contributed by atoms with E-state index in [-0.39, 0.29) is 23.9 Å². The Labute approximate surface area is 190 Å². The van der Waals surface area contributed by atoms with Crippen molar-refractivity contribution in [1.29, 1.82) is 0 Å².